The van der Waals surface area contributed by atoms with Crippen molar-refractivity contribution >= 4 is 5.91 Å². The quantitative estimate of drug-likeness (QED) is 0.454. The summed E-state index contributed by atoms with van der Waals surface area (Å²) in [4.78, 5) is 10.3. The standard InChI is InChI=1S/C5H10N2O/c1-4(8)7-5(6)2-3-5/h2-3,6H2,1H3,(H,7,8). The van der Waals surface area contributed by atoms with E-state index in [0.29, 0.717) is 0 Å². The molecule has 3 heteroatoms. The van der Waals surface area contributed by atoms with Gasteiger partial charge in [-0.05, 0) is 12.8 Å². The van der Waals surface area contributed by atoms with Crippen molar-refractivity contribution in [3.05, 3.63) is 0 Å². The number of nitrogens with one attached hydrogen (secondary N) is 1. The van der Waals surface area contributed by atoms with E-state index in [0.717, 1.165) is 12.8 Å². The van der Waals surface area contributed by atoms with Gasteiger partial charge in [0.2, 0.25) is 5.91 Å². The van der Waals surface area contributed by atoms with Crippen molar-refractivity contribution in [3.8, 4) is 0 Å². The molecule has 1 aliphatic rings. The molecule has 0 heterocycles. The Hall–Kier alpha value is -0.570. The summed E-state index contributed by atoms with van der Waals surface area (Å²) < 4.78 is 0. The average Bonchev–Trinajstić information content (AvgIpc) is 2.17. The first-order chi connectivity index (χ1) is 3.62. The van der Waals surface area contributed by atoms with Crippen molar-refractivity contribution in [3.63, 3.8) is 0 Å². The maximum Gasteiger partial charge on any atom is 0.218 e. The number of carbonyl (C=O) groups is 1. The van der Waals surface area contributed by atoms with Gasteiger partial charge >= 0.3 is 0 Å². The Balaban J connectivity index is 2.29. The van der Waals surface area contributed by atoms with Crippen LogP contribution in [0.2, 0.25) is 0 Å². The Labute approximate surface area is 48.2 Å². The van der Waals surface area contributed by atoms with E-state index < -0.39 is 0 Å². The highest BCUT2D eigenvalue weighted by atomic mass is 16.1. The van der Waals surface area contributed by atoms with Crippen molar-refractivity contribution in [2.45, 2.75) is 25.4 Å². The molecule has 0 aromatic rings. The molecule has 0 spiro atoms. The summed E-state index contributed by atoms with van der Waals surface area (Å²) in [5.41, 5.74) is 5.19. The molecule has 1 amide bonds. The van der Waals surface area contributed by atoms with Crippen LogP contribution in [0.5, 0.6) is 0 Å². The number of hydrogen-bond donors (Lipinski definition) is 2. The van der Waals surface area contributed by atoms with Gasteiger partial charge in [0.05, 0.1) is 5.66 Å². The van der Waals surface area contributed by atoms with Crippen LogP contribution >= 0.6 is 0 Å². The molecule has 0 aliphatic heterocycles. The van der Waals surface area contributed by atoms with Crippen LogP contribution in [-0.4, -0.2) is 11.6 Å². The minimum atomic E-state index is -0.328. The maximum absolute atomic E-state index is 10.3. The number of carbonyl (C=O) groups excluding carboxylic acids is 1. The first kappa shape index (κ1) is 5.56. The van der Waals surface area contributed by atoms with E-state index in [1.807, 2.05) is 0 Å². The molecule has 0 aromatic heterocycles. The smallest absolute Gasteiger partial charge is 0.218 e. The van der Waals surface area contributed by atoms with Gasteiger partial charge in [0.25, 0.3) is 0 Å². The summed E-state index contributed by atoms with van der Waals surface area (Å²) in [5.74, 6) is -0.0370. The molecular weight excluding hydrogens is 104 g/mol. The van der Waals surface area contributed by atoms with Crippen molar-refractivity contribution in [2.24, 2.45) is 5.73 Å². The van der Waals surface area contributed by atoms with Crippen molar-refractivity contribution < 1.29 is 4.79 Å². The summed E-state index contributed by atoms with van der Waals surface area (Å²) in [7, 11) is 0. The third-order valence-corrected chi connectivity index (χ3v) is 1.21. The minimum absolute atomic E-state index is 0.0370. The Morgan fingerprint density at radius 2 is 2.25 bits per heavy atom. The Kier molecular flexibility index (Phi) is 1.01. The molecule has 0 radical (unpaired) electrons. The summed E-state index contributed by atoms with van der Waals surface area (Å²) >= 11 is 0. The fourth-order valence-electron chi connectivity index (χ4n) is 0.610. The molecule has 0 bridgehead atoms. The molecule has 46 valence electrons. The summed E-state index contributed by atoms with van der Waals surface area (Å²) in [6.07, 6.45) is 1.85. The largest absolute Gasteiger partial charge is 0.338 e. The summed E-state index contributed by atoms with van der Waals surface area (Å²) in [5, 5.41) is 2.63. The van der Waals surface area contributed by atoms with E-state index in [9.17, 15) is 4.79 Å². The molecule has 0 aromatic carbocycles. The second-order valence-electron chi connectivity index (χ2n) is 2.34. The van der Waals surface area contributed by atoms with Crippen LogP contribution in [-0.2, 0) is 4.79 Å². The second kappa shape index (κ2) is 1.45. The SMILES string of the molecule is CC(=O)NC1(N)CC1. The van der Waals surface area contributed by atoms with Crippen LogP contribution in [0, 0.1) is 0 Å². The van der Waals surface area contributed by atoms with Crippen LogP contribution in [0.25, 0.3) is 0 Å². The first-order valence-electron chi connectivity index (χ1n) is 2.70. The van der Waals surface area contributed by atoms with Crippen molar-refractivity contribution in [2.75, 3.05) is 0 Å². The lowest BCUT2D eigenvalue weighted by Gasteiger charge is -2.07. The molecule has 1 fully saturated rings. The Morgan fingerprint density at radius 1 is 1.75 bits per heavy atom. The molecule has 0 saturated heterocycles. The maximum atomic E-state index is 10.3. The fourth-order valence-corrected chi connectivity index (χ4v) is 0.610. The number of rotatable bonds is 1. The second-order valence-corrected chi connectivity index (χ2v) is 2.34. The van der Waals surface area contributed by atoms with E-state index in [2.05, 4.69) is 5.32 Å². The van der Waals surface area contributed by atoms with Gasteiger partial charge in [0.1, 0.15) is 0 Å². The van der Waals surface area contributed by atoms with E-state index in [4.69, 9.17) is 5.73 Å². The minimum Gasteiger partial charge on any atom is -0.338 e. The first-order valence-corrected chi connectivity index (χ1v) is 2.70. The van der Waals surface area contributed by atoms with E-state index in [1.54, 1.807) is 0 Å². The monoisotopic (exact) mass is 114 g/mol. The molecule has 0 unspecified atom stereocenters. The zero-order chi connectivity index (χ0) is 6.20. The lowest BCUT2D eigenvalue weighted by atomic mass is 10.5. The molecule has 3 N–H and O–H groups in total. The van der Waals surface area contributed by atoms with E-state index in [1.165, 1.54) is 6.92 Å². The Bertz CT molecular complexity index is 118. The molecule has 0 atom stereocenters. The third kappa shape index (κ3) is 1.20. The van der Waals surface area contributed by atoms with Gasteiger partial charge in [-0.25, -0.2) is 0 Å². The fraction of sp³-hybridized carbons (Fsp3) is 0.800. The van der Waals surface area contributed by atoms with Gasteiger partial charge < -0.3 is 11.1 Å². The number of hydrogen-bond acceptors (Lipinski definition) is 2. The summed E-state index contributed by atoms with van der Waals surface area (Å²) in [6.45, 7) is 1.48. The predicted octanol–water partition coefficient (Wildman–Crippen LogP) is -0.429. The third-order valence-electron chi connectivity index (χ3n) is 1.21. The van der Waals surface area contributed by atoms with Gasteiger partial charge in [-0.3, -0.25) is 4.79 Å². The molecule has 3 nitrogen and oxygen atoms in total. The van der Waals surface area contributed by atoms with E-state index in [-0.39, 0.29) is 11.6 Å². The predicted molar refractivity (Wildman–Crippen MR) is 30.0 cm³/mol. The van der Waals surface area contributed by atoms with Crippen LogP contribution < -0.4 is 11.1 Å². The van der Waals surface area contributed by atoms with Crippen LogP contribution in [0.4, 0.5) is 0 Å². The highest BCUT2D eigenvalue weighted by molar-refractivity contribution is 5.74. The van der Waals surface area contributed by atoms with Gasteiger partial charge in [-0.15, -0.1) is 0 Å². The van der Waals surface area contributed by atoms with Crippen LogP contribution in [0.15, 0.2) is 0 Å². The van der Waals surface area contributed by atoms with Gasteiger partial charge in [-0.1, -0.05) is 0 Å². The Morgan fingerprint density at radius 3 is 2.38 bits per heavy atom. The topological polar surface area (TPSA) is 55.1 Å². The zero-order valence-electron chi connectivity index (χ0n) is 4.90. The van der Waals surface area contributed by atoms with Crippen LogP contribution in [0.3, 0.4) is 0 Å². The molecule has 1 rings (SSSR count). The average molecular weight is 114 g/mol. The number of amides is 1. The highest BCUT2D eigenvalue weighted by Gasteiger charge is 2.38. The van der Waals surface area contributed by atoms with Crippen molar-refractivity contribution in [1.82, 2.24) is 5.32 Å². The van der Waals surface area contributed by atoms with E-state index >= 15 is 0 Å². The molecule has 8 heavy (non-hydrogen) atoms. The van der Waals surface area contributed by atoms with Gasteiger partial charge in [-0.2, -0.15) is 0 Å². The number of nitrogens with two attached hydrogens (primary N) is 1. The lowest BCUT2D eigenvalue weighted by molar-refractivity contribution is -0.119. The summed E-state index contributed by atoms with van der Waals surface area (Å²) in [6, 6.07) is 0. The molecule has 1 aliphatic carbocycles. The highest BCUT2D eigenvalue weighted by Crippen LogP contribution is 2.28. The van der Waals surface area contributed by atoms with Crippen LogP contribution in [0.1, 0.15) is 19.8 Å². The van der Waals surface area contributed by atoms with Gasteiger partial charge in [0.15, 0.2) is 0 Å². The van der Waals surface area contributed by atoms with Crippen molar-refractivity contribution in [1.29, 1.82) is 0 Å². The molecule has 1 saturated carbocycles. The lowest BCUT2D eigenvalue weighted by Crippen LogP contribution is -2.42. The normalized spacial score (nSPS) is 22.2. The van der Waals surface area contributed by atoms with Gasteiger partial charge in [0, 0.05) is 6.92 Å². The molecular formula is C5H10N2O. The zero-order valence-corrected chi connectivity index (χ0v) is 4.90.